The number of likely N-dealkylation sites (N-methyl/N-ethyl adjacent to an activating group) is 2. The van der Waals surface area contributed by atoms with Crippen LogP contribution in [0, 0.1) is 11.6 Å². The number of nitrogens with zero attached hydrogens (tertiary/aromatic N) is 12. The number of piperazine rings is 2. The number of pyridine rings is 2. The Hall–Kier alpha value is -7.00. The van der Waals surface area contributed by atoms with Crippen molar-refractivity contribution in [3.8, 4) is 22.3 Å². The van der Waals surface area contributed by atoms with E-state index in [-0.39, 0.29) is 33.0 Å². The lowest BCUT2D eigenvalue weighted by molar-refractivity contribution is 0.313. The minimum absolute atomic E-state index is 0.0988. The fourth-order valence-electron chi connectivity index (χ4n) is 8.63. The van der Waals surface area contributed by atoms with Crippen LogP contribution in [0.25, 0.3) is 33.5 Å². The molecule has 2 saturated heterocycles. The maximum Gasteiger partial charge on any atom is 0.269 e. The van der Waals surface area contributed by atoms with Gasteiger partial charge in [0.25, 0.3) is 11.9 Å². The number of benzene rings is 4. The zero-order valence-electron chi connectivity index (χ0n) is 37.8. The van der Waals surface area contributed by atoms with Gasteiger partial charge in [-0.1, -0.05) is 24.3 Å². The van der Waals surface area contributed by atoms with Gasteiger partial charge in [-0.2, -0.15) is 9.97 Å². The average Bonchev–Trinajstić information content (AvgIpc) is 3.95. The zero-order chi connectivity index (χ0) is 47.5. The van der Waals surface area contributed by atoms with Crippen LogP contribution in [-0.2, 0) is 19.7 Å². The van der Waals surface area contributed by atoms with Crippen molar-refractivity contribution in [3.63, 3.8) is 0 Å². The van der Waals surface area contributed by atoms with Gasteiger partial charge >= 0.3 is 0 Å². The lowest BCUT2D eigenvalue weighted by atomic mass is 10.1. The van der Waals surface area contributed by atoms with Crippen molar-refractivity contribution in [2.24, 2.45) is 0 Å². The molecule has 0 N–H and O–H groups in total. The van der Waals surface area contributed by atoms with Crippen LogP contribution in [0.4, 0.5) is 43.4 Å². The minimum Gasteiger partial charge on any atom is -0.369 e. The number of sulfone groups is 2. The van der Waals surface area contributed by atoms with Crippen LogP contribution in [-0.4, -0.2) is 135 Å². The lowest BCUT2D eigenvalue weighted by Gasteiger charge is -2.36. The second-order valence-corrected chi connectivity index (χ2v) is 21.4. The Balaban J connectivity index is 1.17. The molecule has 2 aliphatic heterocycles. The molecule has 8 aromatic rings. The standard InChI is InChI=1S/C48H48F2N12O4S2/c1-55-21-25-57(26-22-55)37-9-13-39(14-10-37)61(47-51-45-43(29-35(49)31-59(45)53-47)33-5-17-41(18-6-33)67(3,63)64)62(40-15-11-38(12-16-40)58-27-23-56(2)24-28-58)48-52-46-44(30-36(50)32-60(46)54-48)34-7-19-42(20-8-34)68(4,65)66/h5-20,29-32H,21-28H2,1-4H3. The molecule has 10 rings (SSSR count). The van der Waals surface area contributed by atoms with E-state index < -0.39 is 31.3 Å². The fraction of sp³-hybridized carbons (Fsp3) is 0.250. The van der Waals surface area contributed by atoms with Gasteiger partial charge in [0.1, 0.15) is 11.6 Å². The Bertz CT molecular complexity index is 3150. The molecule has 350 valence electrons. The molecular weight excluding hydrogens is 911 g/mol. The maximum atomic E-state index is 15.6. The first-order valence-corrected chi connectivity index (χ1v) is 25.7. The van der Waals surface area contributed by atoms with Crippen molar-refractivity contribution >= 4 is 65.6 Å². The summed E-state index contributed by atoms with van der Waals surface area (Å²) in [6.07, 6.45) is 4.69. The molecule has 0 bridgehead atoms. The molecule has 0 aliphatic carbocycles. The Kier molecular flexibility index (Phi) is 11.6. The van der Waals surface area contributed by atoms with Crippen molar-refractivity contribution in [3.05, 3.63) is 133 Å². The van der Waals surface area contributed by atoms with Gasteiger partial charge in [-0.05, 0) is 110 Å². The highest BCUT2D eigenvalue weighted by Gasteiger charge is 2.31. The molecule has 4 aromatic carbocycles. The van der Waals surface area contributed by atoms with E-state index in [1.807, 2.05) is 48.5 Å². The number of rotatable bonds is 11. The van der Waals surface area contributed by atoms with Crippen LogP contribution in [0.2, 0.25) is 0 Å². The molecule has 0 amide bonds. The Morgan fingerprint density at radius 1 is 0.485 bits per heavy atom. The second-order valence-electron chi connectivity index (χ2n) is 17.3. The number of hydrazine groups is 1. The summed E-state index contributed by atoms with van der Waals surface area (Å²) in [6, 6.07) is 30.8. The van der Waals surface area contributed by atoms with E-state index in [0.29, 0.717) is 33.6 Å². The van der Waals surface area contributed by atoms with Crippen molar-refractivity contribution in [2.75, 3.05) is 98.8 Å². The number of hydrogen-bond acceptors (Lipinski definition) is 14. The van der Waals surface area contributed by atoms with Crippen molar-refractivity contribution in [2.45, 2.75) is 9.79 Å². The van der Waals surface area contributed by atoms with Crippen molar-refractivity contribution < 1.29 is 25.6 Å². The third-order valence-electron chi connectivity index (χ3n) is 12.5. The number of hydrogen-bond donors (Lipinski definition) is 0. The molecule has 6 heterocycles. The summed E-state index contributed by atoms with van der Waals surface area (Å²) in [5.41, 5.74) is 5.53. The van der Waals surface area contributed by atoms with Gasteiger partial charge in [0.15, 0.2) is 31.0 Å². The van der Waals surface area contributed by atoms with Crippen molar-refractivity contribution in [1.82, 2.24) is 39.0 Å². The molecule has 2 aliphatic rings. The minimum atomic E-state index is -3.50. The van der Waals surface area contributed by atoms with Gasteiger partial charge in [-0.15, -0.1) is 10.2 Å². The summed E-state index contributed by atoms with van der Waals surface area (Å²) >= 11 is 0. The first-order chi connectivity index (χ1) is 32.6. The van der Waals surface area contributed by atoms with Crippen molar-refractivity contribution in [1.29, 1.82) is 0 Å². The van der Waals surface area contributed by atoms with E-state index in [2.05, 4.69) is 33.7 Å². The zero-order valence-corrected chi connectivity index (χ0v) is 39.4. The van der Waals surface area contributed by atoms with E-state index in [4.69, 9.17) is 20.2 Å². The smallest absolute Gasteiger partial charge is 0.269 e. The molecule has 0 saturated carbocycles. The summed E-state index contributed by atoms with van der Waals surface area (Å²) < 4.78 is 83.3. The Labute approximate surface area is 392 Å². The second kappa shape index (κ2) is 17.6. The first-order valence-electron chi connectivity index (χ1n) is 22.0. The van der Waals surface area contributed by atoms with E-state index in [1.54, 1.807) is 34.3 Å². The number of halogens is 2. The quantitative estimate of drug-likeness (QED) is 0.129. The highest BCUT2D eigenvalue weighted by molar-refractivity contribution is 7.91. The summed E-state index contributed by atoms with van der Waals surface area (Å²) in [7, 11) is -2.79. The maximum absolute atomic E-state index is 15.6. The lowest BCUT2D eigenvalue weighted by Crippen LogP contribution is -2.44. The van der Waals surface area contributed by atoms with Crippen LogP contribution in [0.5, 0.6) is 0 Å². The molecule has 20 heteroatoms. The van der Waals surface area contributed by atoms with E-state index in [1.165, 1.54) is 57.8 Å². The Morgan fingerprint density at radius 3 is 1.15 bits per heavy atom. The Morgan fingerprint density at radius 2 is 0.824 bits per heavy atom. The highest BCUT2D eigenvalue weighted by atomic mass is 32.2. The largest absolute Gasteiger partial charge is 0.369 e. The molecule has 4 aromatic heterocycles. The van der Waals surface area contributed by atoms with Crippen LogP contribution in [0.1, 0.15) is 0 Å². The van der Waals surface area contributed by atoms with E-state index in [9.17, 15) is 16.8 Å². The average molecular weight is 959 g/mol. The van der Waals surface area contributed by atoms with Crippen LogP contribution >= 0.6 is 0 Å². The number of anilines is 6. The van der Waals surface area contributed by atoms with Gasteiger partial charge in [0.2, 0.25) is 0 Å². The van der Waals surface area contributed by atoms with Crippen LogP contribution in [0.15, 0.2) is 131 Å². The molecule has 2 fully saturated rings. The fourth-order valence-corrected chi connectivity index (χ4v) is 9.89. The predicted molar refractivity (Wildman–Crippen MR) is 260 cm³/mol. The third kappa shape index (κ3) is 8.94. The SMILES string of the molecule is CN1CCN(c2ccc(N(c3nc4c(-c5ccc(S(C)(=O)=O)cc5)cc(F)cn4n3)N(c3ccc(N4CCN(C)CC4)cc3)c3nc4c(-c5ccc(S(C)(=O)=O)cc5)cc(F)cn4n3)cc2)CC1. The molecule has 0 spiro atoms. The van der Waals surface area contributed by atoms with Gasteiger partial charge < -0.3 is 19.6 Å². The van der Waals surface area contributed by atoms with E-state index >= 15 is 8.78 Å². The van der Waals surface area contributed by atoms with E-state index in [0.717, 1.165) is 76.2 Å². The summed E-state index contributed by atoms with van der Waals surface area (Å²) in [5.74, 6) is -1.00. The third-order valence-corrected chi connectivity index (χ3v) is 14.7. The van der Waals surface area contributed by atoms with Crippen LogP contribution < -0.4 is 19.8 Å². The first kappa shape index (κ1) is 44.8. The summed E-state index contributed by atoms with van der Waals surface area (Å²) in [5, 5.41) is 13.3. The summed E-state index contributed by atoms with van der Waals surface area (Å²) in [4.78, 5) is 19.6. The molecule has 0 radical (unpaired) electrons. The van der Waals surface area contributed by atoms with Gasteiger partial charge in [0, 0.05) is 87.4 Å². The molecular formula is C48H48F2N12O4S2. The normalized spacial score (nSPS) is 15.4. The molecule has 0 unspecified atom stereocenters. The van der Waals surface area contributed by atoms with Gasteiger partial charge in [-0.3, -0.25) is 0 Å². The topological polar surface area (TPSA) is 148 Å². The molecule has 68 heavy (non-hydrogen) atoms. The monoisotopic (exact) mass is 958 g/mol. The highest BCUT2D eigenvalue weighted by Crippen LogP contribution is 2.38. The molecule has 0 atom stereocenters. The summed E-state index contributed by atoms with van der Waals surface area (Å²) in [6.45, 7) is 7.04. The molecule has 16 nitrogen and oxygen atoms in total. The number of aromatic nitrogens is 6. The number of fused-ring (bicyclic) bond motifs is 2. The van der Waals surface area contributed by atoms with Gasteiger partial charge in [0.05, 0.1) is 33.6 Å². The van der Waals surface area contributed by atoms with Gasteiger partial charge in [-0.25, -0.2) is 44.7 Å². The predicted octanol–water partition coefficient (Wildman–Crippen LogP) is 6.59. The van der Waals surface area contributed by atoms with Crippen LogP contribution in [0.3, 0.4) is 0 Å².